The van der Waals surface area contributed by atoms with E-state index >= 15 is 0 Å². The number of nitrogens with zero attached hydrogens (tertiary/aromatic N) is 1. The molecule has 0 saturated carbocycles. The number of H-pyrrole nitrogens is 1. The minimum Gasteiger partial charge on any atom is -0.299 e. The van der Waals surface area contributed by atoms with E-state index in [0.717, 1.165) is 24.8 Å². The SMILES string of the molecule is CC(C)(C)n1[nH]c2c(c1=O)CCCCC2. The van der Waals surface area contributed by atoms with E-state index in [1.165, 1.54) is 18.5 Å². The van der Waals surface area contributed by atoms with Crippen molar-refractivity contribution in [2.24, 2.45) is 0 Å². The lowest BCUT2D eigenvalue weighted by molar-refractivity contribution is 0.342. The Bertz CT molecular complexity index is 406. The highest BCUT2D eigenvalue weighted by Crippen LogP contribution is 2.18. The van der Waals surface area contributed by atoms with Crippen molar-refractivity contribution in [2.75, 3.05) is 0 Å². The summed E-state index contributed by atoms with van der Waals surface area (Å²) in [6, 6.07) is 0. The molecule has 0 saturated heterocycles. The van der Waals surface area contributed by atoms with Crippen molar-refractivity contribution in [2.45, 2.75) is 58.4 Å². The van der Waals surface area contributed by atoms with E-state index in [2.05, 4.69) is 25.9 Å². The van der Waals surface area contributed by atoms with Gasteiger partial charge in [0.1, 0.15) is 0 Å². The number of nitrogens with one attached hydrogen (secondary N) is 1. The average Bonchev–Trinajstić information content (AvgIpc) is 2.36. The van der Waals surface area contributed by atoms with Gasteiger partial charge in [0.05, 0.1) is 5.54 Å². The van der Waals surface area contributed by atoms with E-state index in [9.17, 15) is 4.79 Å². The second-order valence-electron chi connectivity index (χ2n) is 5.44. The van der Waals surface area contributed by atoms with Gasteiger partial charge >= 0.3 is 0 Å². The van der Waals surface area contributed by atoms with E-state index < -0.39 is 0 Å². The van der Waals surface area contributed by atoms with Gasteiger partial charge in [0.2, 0.25) is 0 Å². The predicted molar refractivity (Wildman–Crippen MR) is 61.3 cm³/mol. The summed E-state index contributed by atoms with van der Waals surface area (Å²) in [7, 11) is 0. The van der Waals surface area contributed by atoms with Gasteiger partial charge < -0.3 is 0 Å². The third-order valence-corrected chi connectivity index (χ3v) is 3.10. The van der Waals surface area contributed by atoms with Crippen LogP contribution in [0.4, 0.5) is 0 Å². The molecule has 1 heterocycles. The van der Waals surface area contributed by atoms with Crippen molar-refractivity contribution in [1.82, 2.24) is 9.78 Å². The summed E-state index contributed by atoms with van der Waals surface area (Å²) in [6.07, 6.45) is 5.60. The second kappa shape index (κ2) is 3.54. The van der Waals surface area contributed by atoms with Crippen LogP contribution >= 0.6 is 0 Å². The minimum atomic E-state index is -0.136. The highest BCUT2D eigenvalue weighted by Gasteiger charge is 2.22. The molecule has 1 aliphatic carbocycles. The molecule has 0 radical (unpaired) electrons. The Kier molecular flexibility index (Phi) is 2.49. The van der Waals surface area contributed by atoms with Gasteiger partial charge in [0, 0.05) is 11.3 Å². The molecule has 1 aromatic heterocycles. The van der Waals surface area contributed by atoms with Gasteiger partial charge in [0.15, 0.2) is 0 Å². The fourth-order valence-corrected chi connectivity index (χ4v) is 2.23. The summed E-state index contributed by atoms with van der Waals surface area (Å²) in [5.41, 5.74) is 2.26. The average molecular weight is 208 g/mol. The van der Waals surface area contributed by atoms with Crippen molar-refractivity contribution in [3.8, 4) is 0 Å². The third kappa shape index (κ3) is 1.87. The van der Waals surface area contributed by atoms with Crippen LogP contribution in [-0.4, -0.2) is 9.78 Å². The van der Waals surface area contributed by atoms with Crippen molar-refractivity contribution in [3.05, 3.63) is 21.6 Å². The van der Waals surface area contributed by atoms with Crippen LogP contribution < -0.4 is 5.56 Å². The Hall–Kier alpha value is -0.990. The summed E-state index contributed by atoms with van der Waals surface area (Å²) < 4.78 is 1.78. The molecule has 0 fully saturated rings. The molecule has 3 heteroatoms. The van der Waals surface area contributed by atoms with Crippen LogP contribution in [0.5, 0.6) is 0 Å². The van der Waals surface area contributed by atoms with Crippen molar-refractivity contribution in [3.63, 3.8) is 0 Å². The molecule has 0 unspecified atom stereocenters. The molecule has 0 atom stereocenters. The predicted octanol–water partition coefficient (Wildman–Crippen LogP) is 2.20. The smallest absolute Gasteiger partial charge is 0.270 e. The van der Waals surface area contributed by atoms with Gasteiger partial charge in [-0.15, -0.1) is 0 Å². The minimum absolute atomic E-state index is 0.136. The zero-order valence-corrected chi connectivity index (χ0v) is 9.89. The maximum atomic E-state index is 12.1. The lowest BCUT2D eigenvalue weighted by atomic mass is 10.1. The molecule has 2 rings (SSSR count). The van der Waals surface area contributed by atoms with Crippen LogP contribution in [0.25, 0.3) is 0 Å². The molecule has 3 nitrogen and oxygen atoms in total. The van der Waals surface area contributed by atoms with Crippen molar-refractivity contribution < 1.29 is 0 Å². The molecule has 0 spiro atoms. The highest BCUT2D eigenvalue weighted by atomic mass is 16.1. The van der Waals surface area contributed by atoms with Gasteiger partial charge in [-0.3, -0.25) is 9.89 Å². The van der Waals surface area contributed by atoms with E-state index in [1.54, 1.807) is 4.68 Å². The summed E-state index contributed by atoms with van der Waals surface area (Å²) in [6.45, 7) is 6.18. The number of aryl methyl sites for hydroxylation is 1. The van der Waals surface area contributed by atoms with E-state index in [1.807, 2.05) is 0 Å². The van der Waals surface area contributed by atoms with Gasteiger partial charge in [0.25, 0.3) is 5.56 Å². The largest absolute Gasteiger partial charge is 0.299 e. The van der Waals surface area contributed by atoms with E-state index in [-0.39, 0.29) is 11.1 Å². The molecule has 1 N–H and O–H groups in total. The Labute approximate surface area is 90.5 Å². The lowest BCUT2D eigenvalue weighted by Gasteiger charge is -2.19. The monoisotopic (exact) mass is 208 g/mol. The molecule has 0 aliphatic heterocycles. The van der Waals surface area contributed by atoms with Gasteiger partial charge in [-0.2, -0.15) is 0 Å². The molecule has 0 bridgehead atoms. The van der Waals surface area contributed by atoms with E-state index in [4.69, 9.17) is 0 Å². The Morgan fingerprint density at radius 2 is 1.80 bits per heavy atom. The number of hydrogen-bond acceptors (Lipinski definition) is 1. The molecule has 1 aromatic rings. The number of fused-ring (bicyclic) bond motifs is 1. The maximum absolute atomic E-state index is 12.1. The topological polar surface area (TPSA) is 37.8 Å². The Balaban J connectivity index is 2.50. The normalized spacial score (nSPS) is 17.3. The molecule has 1 aliphatic rings. The van der Waals surface area contributed by atoms with E-state index in [0.29, 0.717) is 0 Å². The summed E-state index contributed by atoms with van der Waals surface area (Å²) in [5, 5.41) is 3.29. The number of hydrogen-bond donors (Lipinski definition) is 1. The standard InChI is InChI=1S/C12H20N2O/c1-12(2,3)14-11(15)9-7-5-4-6-8-10(9)13-14/h13H,4-8H2,1-3H3. The number of aromatic nitrogens is 2. The Morgan fingerprint density at radius 1 is 1.13 bits per heavy atom. The number of rotatable bonds is 0. The van der Waals surface area contributed by atoms with Gasteiger partial charge in [-0.25, -0.2) is 4.68 Å². The fourth-order valence-electron chi connectivity index (χ4n) is 2.23. The molecule has 0 amide bonds. The molecule has 84 valence electrons. The first kappa shape index (κ1) is 10.5. The first-order valence-corrected chi connectivity index (χ1v) is 5.83. The summed E-state index contributed by atoms with van der Waals surface area (Å²) >= 11 is 0. The molecular weight excluding hydrogens is 188 g/mol. The van der Waals surface area contributed by atoms with Crippen LogP contribution in [0.15, 0.2) is 4.79 Å². The summed E-state index contributed by atoms with van der Waals surface area (Å²) in [5.74, 6) is 0. The number of aromatic amines is 1. The quantitative estimate of drug-likeness (QED) is 0.652. The first-order chi connectivity index (χ1) is 7.00. The Morgan fingerprint density at radius 3 is 2.47 bits per heavy atom. The molecular formula is C12H20N2O. The third-order valence-electron chi connectivity index (χ3n) is 3.10. The molecule has 0 aromatic carbocycles. The van der Waals surface area contributed by atoms with Crippen molar-refractivity contribution in [1.29, 1.82) is 0 Å². The van der Waals surface area contributed by atoms with Crippen LogP contribution in [0.2, 0.25) is 0 Å². The zero-order chi connectivity index (χ0) is 11.1. The van der Waals surface area contributed by atoms with Gasteiger partial charge in [-0.05, 0) is 46.5 Å². The summed E-state index contributed by atoms with van der Waals surface area (Å²) in [4.78, 5) is 12.1. The first-order valence-electron chi connectivity index (χ1n) is 5.83. The van der Waals surface area contributed by atoms with Crippen molar-refractivity contribution >= 4 is 0 Å². The molecule has 15 heavy (non-hydrogen) atoms. The fraction of sp³-hybridized carbons (Fsp3) is 0.750. The maximum Gasteiger partial charge on any atom is 0.270 e. The van der Waals surface area contributed by atoms with Crippen LogP contribution in [0.1, 0.15) is 51.3 Å². The van der Waals surface area contributed by atoms with Crippen LogP contribution in [-0.2, 0) is 18.4 Å². The van der Waals surface area contributed by atoms with Crippen LogP contribution in [0, 0.1) is 0 Å². The van der Waals surface area contributed by atoms with Gasteiger partial charge in [-0.1, -0.05) is 6.42 Å². The van der Waals surface area contributed by atoms with Crippen LogP contribution in [0.3, 0.4) is 0 Å². The second-order valence-corrected chi connectivity index (χ2v) is 5.44. The lowest BCUT2D eigenvalue weighted by Crippen LogP contribution is -2.33. The highest BCUT2D eigenvalue weighted by molar-refractivity contribution is 5.19. The zero-order valence-electron chi connectivity index (χ0n) is 9.89.